The summed E-state index contributed by atoms with van der Waals surface area (Å²) in [7, 11) is 0. The summed E-state index contributed by atoms with van der Waals surface area (Å²) in [6.07, 6.45) is 1.68. The predicted octanol–water partition coefficient (Wildman–Crippen LogP) is 2.95. The summed E-state index contributed by atoms with van der Waals surface area (Å²) in [5.41, 5.74) is -0.191. The van der Waals surface area contributed by atoms with Crippen molar-refractivity contribution in [1.29, 1.82) is 0 Å². The molecule has 3 unspecified atom stereocenters. The first-order valence-electron chi connectivity index (χ1n) is 18.3. The number of rotatable bonds is 3. The highest BCUT2D eigenvalue weighted by atomic mass is 16.8. The van der Waals surface area contributed by atoms with E-state index in [-0.39, 0.29) is 75.9 Å². The quantitative estimate of drug-likeness (QED) is 0.198. The second-order valence-corrected chi connectivity index (χ2v) is 18.5. The minimum Gasteiger partial charge on any atom is -0.462 e. The fourth-order valence-electron chi connectivity index (χ4n) is 13.8. The normalized spacial score (nSPS) is 61.6. The number of aliphatic hydroxyl groups excluding tert-OH is 4. The van der Waals surface area contributed by atoms with Gasteiger partial charge in [-0.05, 0) is 74.0 Å². The van der Waals surface area contributed by atoms with Crippen molar-refractivity contribution < 1.29 is 53.6 Å². The molecule has 4 N–H and O–H groups in total. The number of esters is 1. The molecular weight excluding hydrogens is 620 g/mol. The number of carbonyl (C=O) groups excluding carboxylic acids is 1. The smallest absolute Gasteiger partial charge is 0.302 e. The van der Waals surface area contributed by atoms with Crippen molar-refractivity contribution in [1.82, 2.24) is 0 Å². The molecule has 11 heteroatoms. The summed E-state index contributed by atoms with van der Waals surface area (Å²) in [5, 5.41) is 41.7. The van der Waals surface area contributed by atoms with Gasteiger partial charge in [-0.2, -0.15) is 0 Å². The molecule has 48 heavy (non-hydrogen) atoms. The summed E-state index contributed by atoms with van der Waals surface area (Å²) in [6, 6.07) is 0. The van der Waals surface area contributed by atoms with Crippen LogP contribution in [0, 0.1) is 44.8 Å². The first-order valence-corrected chi connectivity index (χ1v) is 18.3. The molecule has 4 heterocycles. The molecule has 0 aromatic heterocycles. The third-order valence-corrected chi connectivity index (χ3v) is 16.1. The molecule has 0 amide bonds. The van der Waals surface area contributed by atoms with Gasteiger partial charge >= 0.3 is 5.97 Å². The van der Waals surface area contributed by atoms with Crippen LogP contribution in [0.25, 0.3) is 0 Å². The lowest BCUT2D eigenvalue weighted by molar-refractivity contribution is -0.345. The number of aliphatic hydroxyl groups is 4. The monoisotopic (exact) mass is 674 g/mol. The highest BCUT2D eigenvalue weighted by Crippen LogP contribution is 2.88. The van der Waals surface area contributed by atoms with Crippen LogP contribution in [0.1, 0.15) is 93.4 Å². The van der Waals surface area contributed by atoms with Gasteiger partial charge < -0.3 is 48.8 Å². The number of allylic oxidation sites excluding steroid dienone is 2. The molecule has 4 saturated carbocycles. The maximum absolute atomic E-state index is 12.9. The molecular formula is C37H54O11. The molecule has 9 rings (SSSR count). The van der Waals surface area contributed by atoms with Gasteiger partial charge in [0.1, 0.15) is 36.1 Å². The number of ether oxygens (including phenoxy) is 6. The van der Waals surface area contributed by atoms with Crippen molar-refractivity contribution in [2.75, 3.05) is 6.61 Å². The second-order valence-electron chi connectivity index (χ2n) is 18.5. The van der Waals surface area contributed by atoms with Crippen molar-refractivity contribution in [2.24, 2.45) is 44.8 Å². The van der Waals surface area contributed by atoms with Gasteiger partial charge in [0.05, 0.1) is 18.8 Å². The van der Waals surface area contributed by atoms with Gasteiger partial charge in [-0.15, -0.1) is 0 Å². The Morgan fingerprint density at radius 1 is 0.958 bits per heavy atom. The van der Waals surface area contributed by atoms with E-state index in [0.717, 1.165) is 38.5 Å². The van der Waals surface area contributed by atoms with Crippen molar-refractivity contribution >= 4 is 5.97 Å². The average Bonchev–Trinajstić information content (AvgIpc) is 3.84. The van der Waals surface area contributed by atoms with Crippen LogP contribution in [0.3, 0.4) is 0 Å². The molecule has 4 saturated heterocycles. The molecule has 8 fully saturated rings. The van der Waals surface area contributed by atoms with Crippen molar-refractivity contribution in [2.45, 2.75) is 160 Å². The minimum atomic E-state index is -1.32. The fraction of sp³-hybridized carbons (Fsp3) is 0.919. The maximum atomic E-state index is 12.9. The van der Waals surface area contributed by atoms with Gasteiger partial charge in [0, 0.05) is 29.6 Å². The van der Waals surface area contributed by atoms with Gasteiger partial charge in [0.15, 0.2) is 12.6 Å². The van der Waals surface area contributed by atoms with E-state index < -0.39 is 42.3 Å². The molecule has 268 valence electrons. The Bertz CT molecular complexity index is 1450. The third-order valence-electron chi connectivity index (χ3n) is 16.1. The zero-order valence-electron chi connectivity index (χ0n) is 29.3. The van der Waals surface area contributed by atoms with E-state index in [1.165, 1.54) is 12.5 Å². The first-order chi connectivity index (χ1) is 22.4. The van der Waals surface area contributed by atoms with E-state index in [1.807, 2.05) is 6.92 Å². The number of fused-ring (bicyclic) bond motifs is 6. The number of epoxide rings is 1. The Balaban J connectivity index is 1.06. The summed E-state index contributed by atoms with van der Waals surface area (Å²) < 4.78 is 37.8. The second kappa shape index (κ2) is 9.63. The number of hydrogen-bond acceptors (Lipinski definition) is 11. The Hall–Kier alpha value is -1.15. The Kier molecular flexibility index (Phi) is 6.57. The molecule has 18 atom stereocenters. The molecule has 0 aromatic carbocycles. The van der Waals surface area contributed by atoms with Crippen LogP contribution < -0.4 is 0 Å². The summed E-state index contributed by atoms with van der Waals surface area (Å²) in [5.74, 6) is -0.600. The van der Waals surface area contributed by atoms with E-state index in [0.29, 0.717) is 12.3 Å². The first kappa shape index (κ1) is 32.7. The Morgan fingerprint density at radius 3 is 2.38 bits per heavy atom. The maximum Gasteiger partial charge on any atom is 0.302 e. The van der Waals surface area contributed by atoms with Gasteiger partial charge in [0.2, 0.25) is 5.79 Å². The molecule has 0 aromatic rings. The van der Waals surface area contributed by atoms with E-state index in [2.05, 4.69) is 40.7 Å². The summed E-state index contributed by atoms with van der Waals surface area (Å²) >= 11 is 0. The van der Waals surface area contributed by atoms with Crippen LogP contribution in [0.4, 0.5) is 0 Å². The van der Waals surface area contributed by atoms with Crippen LogP contribution >= 0.6 is 0 Å². The van der Waals surface area contributed by atoms with Crippen molar-refractivity contribution in [3.63, 3.8) is 0 Å². The molecule has 0 radical (unpaired) electrons. The number of hydrogen-bond donors (Lipinski definition) is 4. The SMILES string of the molecule is CC(=O)O[C@H]1CC23C[C@@]24CC[C@@H](O[C@@H]2OC[C@@H](O)[C@H](O)[C@H]2O)C(C)(C)C4CC=C3[C@]2(C)C[C@@H]3O[C@]4(C[C@@H](C)[C@@H]3[C@@]12C)OC(O)[C@@]1(C)O[C@@H]41. The lowest BCUT2D eigenvalue weighted by Crippen LogP contribution is -2.61. The lowest BCUT2D eigenvalue weighted by atomic mass is 9.44. The zero-order chi connectivity index (χ0) is 34.2. The number of carbonyl (C=O) groups is 1. The molecule has 3 spiro atoms. The summed E-state index contributed by atoms with van der Waals surface area (Å²) in [6.45, 7) is 14.9. The lowest BCUT2D eigenvalue weighted by Gasteiger charge is -2.62. The fourth-order valence-corrected chi connectivity index (χ4v) is 13.8. The molecule has 4 aliphatic heterocycles. The van der Waals surface area contributed by atoms with E-state index in [1.54, 1.807) is 0 Å². The van der Waals surface area contributed by atoms with Crippen LogP contribution in [0.2, 0.25) is 0 Å². The van der Waals surface area contributed by atoms with Crippen molar-refractivity contribution in [3.05, 3.63) is 11.6 Å². The minimum absolute atomic E-state index is 0.0364. The Labute approximate surface area is 282 Å². The highest BCUT2D eigenvalue weighted by molar-refractivity contribution is 5.66. The molecule has 11 nitrogen and oxygen atoms in total. The zero-order valence-corrected chi connectivity index (χ0v) is 29.3. The molecule has 5 aliphatic carbocycles. The largest absolute Gasteiger partial charge is 0.462 e. The molecule has 0 bridgehead atoms. The molecule has 9 aliphatic rings. The van der Waals surface area contributed by atoms with Crippen LogP contribution in [0.15, 0.2) is 11.6 Å². The van der Waals surface area contributed by atoms with Gasteiger partial charge in [-0.1, -0.05) is 46.3 Å². The van der Waals surface area contributed by atoms with Crippen molar-refractivity contribution in [3.8, 4) is 0 Å². The summed E-state index contributed by atoms with van der Waals surface area (Å²) in [4.78, 5) is 12.9. The van der Waals surface area contributed by atoms with E-state index >= 15 is 0 Å². The Morgan fingerprint density at radius 2 is 1.71 bits per heavy atom. The van der Waals surface area contributed by atoms with Gasteiger partial charge in [-0.25, -0.2) is 0 Å². The third kappa shape index (κ3) is 3.69. The average molecular weight is 675 g/mol. The van der Waals surface area contributed by atoms with E-state index in [9.17, 15) is 25.2 Å². The predicted molar refractivity (Wildman–Crippen MR) is 168 cm³/mol. The van der Waals surface area contributed by atoms with E-state index in [4.69, 9.17) is 28.4 Å². The highest BCUT2D eigenvalue weighted by Gasteiger charge is 2.85. The van der Waals surface area contributed by atoms with Crippen LogP contribution in [-0.2, 0) is 33.2 Å². The van der Waals surface area contributed by atoms with Gasteiger partial charge in [-0.3, -0.25) is 4.79 Å². The van der Waals surface area contributed by atoms with Crippen LogP contribution in [0.5, 0.6) is 0 Å². The topological polar surface area (TPSA) is 157 Å². The van der Waals surface area contributed by atoms with Crippen LogP contribution in [-0.4, -0.2) is 99.7 Å². The van der Waals surface area contributed by atoms with Gasteiger partial charge in [0.25, 0.3) is 0 Å². The standard InChI is InChI=1S/C37H54O11/c1-17-12-37(29-34(7,47-29)30(42)48-37)46-20-13-32(5)22-9-8-21-31(3,4)23(45-28-27(41)26(40)19(39)15-43-28)10-11-35(21)16-36(22,35)14-24(44-18(2)38)33(32,6)25(17)20/h9,17,19-21,23-30,39-42H,8,10-16H2,1-7H3/t17-,19-,20+,21?,23-,24+,25+,26+,27-,28+,29-,30?,32+,33-,34+,35-,36?,37-/m1/s1.